The van der Waals surface area contributed by atoms with Gasteiger partial charge in [0.2, 0.25) is 5.78 Å². The van der Waals surface area contributed by atoms with Crippen molar-refractivity contribution in [3.63, 3.8) is 0 Å². The minimum absolute atomic E-state index is 0.126. The summed E-state index contributed by atoms with van der Waals surface area (Å²) in [5.74, 6) is -9.58. The highest BCUT2D eigenvalue weighted by Gasteiger charge is 2.67. The number of nitrogens with two attached hydrogens (primary N) is 1. The quantitative estimate of drug-likeness (QED) is 0.175. The van der Waals surface area contributed by atoms with Gasteiger partial charge in [0.25, 0.3) is 11.6 Å². The Balaban J connectivity index is 1.86. The van der Waals surface area contributed by atoms with Crippen molar-refractivity contribution >= 4 is 34.8 Å². The number of phenols is 1. The molecule has 0 aliphatic heterocycles. The van der Waals surface area contributed by atoms with E-state index in [1.165, 1.54) is 67.5 Å². The van der Waals surface area contributed by atoms with Crippen LogP contribution in [0, 0.1) is 22.0 Å². The van der Waals surface area contributed by atoms with E-state index in [1.807, 2.05) is 0 Å². The van der Waals surface area contributed by atoms with Crippen LogP contribution in [0.15, 0.2) is 65.1 Å². The van der Waals surface area contributed by atoms with E-state index >= 15 is 0 Å². The molecule has 13 heteroatoms. The Labute approximate surface area is 231 Å². The molecule has 0 saturated carbocycles. The van der Waals surface area contributed by atoms with Crippen LogP contribution in [-0.4, -0.2) is 84.7 Å². The predicted octanol–water partition coefficient (Wildman–Crippen LogP) is 0.998. The van der Waals surface area contributed by atoms with E-state index in [4.69, 9.17) is 5.73 Å². The number of carbonyl (C=O) groups is 3. The van der Waals surface area contributed by atoms with E-state index in [0.29, 0.717) is 0 Å². The summed E-state index contributed by atoms with van der Waals surface area (Å²) in [4.78, 5) is 51.5. The van der Waals surface area contributed by atoms with Crippen LogP contribution in [0.5, 0.6) is 5.75 Å². The van der Waals surface area contributed by atoms with Gasteiger partial charge in [0, 0.05) is 18.1 Å². The number of primary amides is 1. The molecule has 1 amide bonds. The Morgan fingerprint density at radius 1 is 1.12 bits per heavy atom. The van der Waals surface area contributed by atoms with Crippen LogP contribution in [0.3, 0.4) is 0 Å². The van der Waals surface area contributed by atoms with E-state index in [1.54, 1.807) is 0 Å². The summed E-state index contributed by atoms with van der Waals surface area (Å²) in [6, 6.07) is 8.12. The summed E-state index contributed by atoms with van der Waals surface area (Å²) in [6.07, 6.45) is -0.438. The highest BCUT2D eigenvalue weighted by atomic mass is 16.6. The number of carbonyl (C=O) groups excluding carboxylic acids is 3. The van der Waals surface area contributed by atoms with Gasteiger partial charge in [-0.3, -0.25) is 29.4 Å². The number of aliphatic hydroxyl groups excluding tert-OH is 3. The maximum atomic E-state index is 13.8. The first-order chi connectivity index (χ1) is 19.2. The molecule has 3 aliphatic carbocycles. The third-order valence-electron chi connectivity index (χ3n) is 7.93. The Morgan fingerprint density at radius 2 is 1.78 bits per heavy atom. The molecule has 0 unspecified atom stereocenters. The molecule has 41 heavy (non-hydrogen) atoms. The minimum atomic E-state index is -3.06. The number of nitrogens with zero attached hydrogens (tertiary/aromatic N) is 2. The van der Waals surface area contributed by atoms with Crippen LogP contribution in [0.25, 0.3) is 11.6 Å². The van der Waals surface area contributed by atoms with E-state index < -0.39 is 80.4 Å². The Hall–Kier alpha value is -4.85. The van der Waals surface area contributed by atoms with E-state index in [9.17, 15) is 50.0 Å². The van der Waals surface area contributed by atoms with Gasteiger partial charge in [-0.25, -0.2) is 0 Å². The highest BCUT2D eigenvalue weighted by Crippen LogP contribution is 2.55. The Kier molecular flexibility index (Phi) is 6.33. The van der Waals surface area contributed by atoms with E-state index in [0.717, 1.165) is 0 Å². The number of nitro groups is 1. The number of nitro benzene ring substituents is 1. The molecule has 0 radical (unpaired) electrons. The second-order valence-electron chi connectivity index (χ2n) is 10.4. The minimum Gasteiger partial charge on any atom is -0.510 e. The molecule has 0 heterocycles. The van der Waals surface area contributed by atoms with Crippen molar-refractivity contribution < 1.29 is 44.8 Å². The largest absolute Gasteiger partial charge is 0.510 e. The topological polar surface area (TPSA) is 225 Å². The predicted molar refractivity (Wildman–Crippen MR) is 142 cm³/mol. The lowest BCUT2D eigenvalue weighted by molar-refractivity contribution is -0.384. The molecule has 5 rings (SSSR count). The first kappa shape index (κ1) is 27.7. The fourth-order valence-corrected chi connectivity index (χ4v) is 6.22. The normalized spacial score (nSPS) is 28.5. The molecule has 2 aromatic rings. The molecule has 0 bridgehead atoms. The van der Waals surface area contributed by atoms with Crippen molar-refractivity contribution in [2.75, 3.05) is 14.1 Å². The van der Waals surface area contributed by atoms with Crippen LogP contribution in [0.4, 0.5) is 5.69 Å². The number of fused-ring (bicyclic) bond motifs is 3. The standard InChI is InChI=1S/C28H25N3O10/c1-30(2)21-20-23(34)17-14(10-11-5-3-6-12(9-11)31(40)41)13-7-4-8-15(32)16(13)22(33)18(17)25(36)28(20,39)26(37)19(24(21)35)27(29)38/h3-10,17,20-21,23,32,34-36,39H,1-2H3,(H2,29,38)/b14-10+/t17-,20-,21+,23+,28+/m1/s1. The molecule has 13 nitrogen and oxygen atoms in total. The zero-order valence-electron chi connectivity index (χ0n) is 21.7. The number of likely N-dealkylation sites (N-methyl/N-ethyl adjacent to an activating group) is 1. The number of hydrogen-bond acceptors (Lipinski definition) is 11. The van der Waals surface area contributed by atoms with Crippen LogP contribution in [0.2, 0.25) is 0 Å². The number of phenolic OH excluding ortho intramolecular Hbond substituents is 1. The third kappa shape index (κ3) is 3.78. The molecule has 5 atom stereocenters. The van der Waals surface area contributed by atoms with Gasteiger partial charge in [-0.05, 0) is 36.9 Å². The number of ketones is 2. The lowest BCUT2D eigenvalue weighted by Gasteiger charge is -2.52. The first-order valence-electron chi connectivity index (χ1n) is 12.3. The van der Waals surface area contributed by atoms with Gasteiger partial charge in [0.15, 0.2) is 11.4 Å². The highest BCUT2D eigenvalue weighted by molar-refractivity contribution is 6.25. The number of aromatic hydroxyl groups is 1. The van der Waals surface area contributed by atoms with Gasteiger partial charge >= 0.3 is 0 Å². The summed E-state index contributed by atoms with van der Waals surface area (Å²) in [7, 11) is 2.86. The maximum Gasteiger partial charge on any atom is 0.270 e. The summed E-state index contributed by atoms with van der Waals surface area (Å²) in [6.45, 7) is 0. The Bertz CT molecular complexity index is 1660. The van der Waals surface area contributed by atoms with E-state index in [2.05, 4.69) is 0 Å². The van der Waals surface area contributed by atoms with Crippen LogP contribution in [0.1, 0.15) is 21.5 Å². The number of benzene rings is 2. The van der Waals surface area contributed by atoms with Gasteiger partial charge in [-0.2, -0.15) is 0 Å². The third-order valence-corrected chi connectivity index (χ3v) is 7.93. The summed E-state index contributed by atoms with van der Waals surface area (Å²) in [5.41, 5.74) is 0.609. The van der Waals surface area contributed by atoms with Crippen molar-refractivity contribution in [1.29, 1.82) is 0 Å². The van der Waals surface area contributed by atoms with Crippen molar-refractivity contribution in [3.8, 4) is 5.75 Å². The monoisotopic (exact) mass is 563 g/mol. The fraction of sp³-hybridized carbons (Fsp3) is 0.250. The second-order valence-corrected chi connectivity index (χ2v) is 10.4. The van der Waals surface area contributed by atoms with Crippen LogP contribution < -0.4 is 5.73 Å². The molecule has 2 aromatic carbocycles. The number of amides is 1. The van der Waals surface area contributed by atoms with Crippen molar-refractivity contribution in [3.05, 3.63) is 91.9 Å². The first-order valence-corrected chi connectivity index (χ1v) is 12.3. The van der Waals surface area contributed by atoms with Crippen molar-refractivity contribution in [1.82, 2.24) is 4.90 Å². The van der Waals surface area contributed by atoms with Crippen LogP contribution >= 0.6 is 0 Å². The molecular formula is C28H25N3O10. The average molecular weight is 564 g/mol. The lowest BCUT2D eigenvalue weighted by atomic mass is 9.56. The molecule has 0 fully saturated rings. The lowest BCUT2D eigenvalue weighted by Crippen LogP contribution is -2.68. The average Bonchev–Trinajstić information content (AvgIpc) is 2.90. The van der Waals surface area contributed by atoms with Gasteiger partial charge < -0.3 is 31.3 Å². The summed E-state index contributed by atoms with van der Waals surface area (Å²) < 4.78 is 0. The molecule has 0 spiro atoms. The van der Waals surface area contributed by atoms with Gasteiger partial charge in [0.1, 0.15) is 22.8 Å². The Morgan fingerprint density at radius 3 is 2.39 bits per heavy atom. The molecule has 0 aromatic heterocycles. The van der Waals surface area contributed by atoms with Gasteiger partial charge in [-0.15, -0.1) is 0 Å². The van der Waals surface area contributed by atoms with Gasteiger partial charge in [-0.1, -0.05) is 30.3 Å². The van der Waals surface area contributed by atoms with Gasteiger partial charge in [0.05, 0.1) is 34.1 Å². The zero-order valence-corrected chi connectivity index (χ0v) is 21.7. The number of hydrogen-bond donors (Lipinski definition) is 6. The number of Topliss-reactive ketones (excluding diaryl/α,β-unsaturated/α-hetero) is 2. The molecule has 7 N–H and O–H groups in total. The summed E-state index contributed by atoms with van der Waals surface area (Å²) in [5, 5.41) is 68.2. The molecule has 0 saturated heterocycles. The number of aliphatic hydroxyl groups is 4. The van der Waals surface area contributed by atoms with Crippen molar-refractivity contribution in [2.24, 2.45) is 17.6 Å². The SMILES string of the molecule is CN(C)[C@@H]1C(O)=C(C(N)=O)C(=O)[C@@]2(O)C(O)=C3C(=O)c4c(O)cccc4/C(=C\c4cccc([N+](=O)[O-])c4)[C@H]3[C@H](O)[C@@H]12. The molecular weight excluding hydrogens is 538 g/mol. The van der Waals surface area contributed by atoms with E-state index in [-0.39, 0.29) is 28.0 Å². The molecule has 3 aliphatic rings. The number of non-ortho nitro benzene ring substituents is 1. The summed E-state index contributed by atoms with van der Waals surface area (Å²) >= 11 is 0. The number of rotatable bonds is 4. The zero-order chi connectivity index (χ0) is 30.1. The van der Waals surface area contributed by atoms with Crippen molar-refractivity contribution in [2.45, 2.75) is 17.7 Å². The smallest absolute Gasteiger partial charge is 0.270 e. The van der Waals surface area contributed by atoms with Crippen LogP contribution in [-0.2, 0) is 9.59 Å². The molecule has 212 valence electrons. The second kappa shape index (κ2) is 9.37. The maximum absolute atomic E-state index is 13.8. The fourth-order valence-electron chi connectivity index (χ4n) is 6.22.